The number of unbranched alkanes of at least 4 members (excludes halogenated alkanes) is 2. The first-order valence-corrected chi connectivity index (χ1v) is 5.63. The van der Waals surface area contributed by atoms with Crippen LogP contribution in [-0.4, -0.2) is 32.5 Å². The van der Waals surface area contributed by atoms with Crippen molar-refractivity contribution in [1.82, 2.24) is 5.32 Å². The molecule has 0 aliphatic carbocycles. The van der Waals surface area contributed by atoms with E-state index in [0.29, 0.717) is 6.04 Å². The smallest absolute Gasteiger partial charge is 0.315 e. The summed E-state index contributed by atoms with van der Waals surface area (Å²) in [6.45, 7) is 1.03. The summed E-state index contributed by atoms with van der Waals surface area (Å²) in [5.41, 5.74) is 0. The van der Waals surface area contributed by atoms with Gasteiger partial charge in [0.1, 0.15) is 0 Å². The maximum absolute atomic E-state index is 8.59. The van der Waals surface area contributed by atoms with Crippen LogP contribution in [0.3, 0.4) is 0 Å². The monoisotopic (exact) mass is 163 g/mol. The lowest BCUT2D eigenvalue weighted by Crippen LogP contribution is -2.10. The molecule has 0 saturated heterocycles. The summed E-state index contributed by atoms with van der Waals surface area (Å²) in [5, 5.41) is 3.04. The largest absolute Gasteiger partial charge is 0.413 e. The predicted octanol–water partition coefficient (Wildman–Crippen LogP) is -0.419. The molecular weight excluding hydrogens is 146 g/mol. The molecule has 4 heteroatoms. The highest BCUT2D eigenvalue weighted by Gasteiger charge is 1.99. The Labute approximate surface area is 63.9 Å². The Kier molecular flexibility index (Phi) is 7.28. The van der Waals surface area contributed by atoms with Crippen molar-refractivity contribution in [2.45, 2.75) is 25.3 Å². The molecule has 0 heterocycles. The van der Waals surface area contributed by atoms with E-state index < -0.39 is 9.28 Å². The van der Waals surface area contributed by atoms with Gasteiger partial charge in [0, 0.05) is 0 Å². The summed E-state index contributed by atoms with van der Waals surface area (Å²) in [7, 11) is -0.316. The van der Waals surface area contributed by atoms with E-state index in [2.05, 4.69) is 5.32 Å². The average Bonchev–Trinajstić information content (AvgIpc) is 1.87. The van der Waals surface area contributed by atoms with Crippen molar-refractivity contribution in [1.29, 1.82) is 0 Å². The third-order valence-electron chi connectivity index (χ3n) is 1.39. The van der Waals surface area contributed by atoms with E-state index in [9.17, 15) is 0 Å². The van der Waals surface area contributed by atoms with Gasteiger partial charge in [0.25, 0.3) is 0 Å². The van der Waals surface area contributed by atoms with Crippen LogP contribution in [0, 0.1) is 0 Å². The molecule has 3 nitrogen and oxygen atoms in total. The molecule has 0 atom stereocenters. The highest BCUT2D eigenvalue weighted by Crippen LogP contribution is 1.99. The molecule has 0 rings (SSSR count). The minimum absolute atomic E-state index is 0.643. The third kappa shape index (κ3) is 8.10. The van der Waals surface area contributed by atoms with E-state index >= 15 is 0 Å². The average molecular weight is 163 g/mol. The summed E-state index contributed by atoms with van der Waals surface area (Å²) in [4.78, 5) is 17.2. The summed E-state index contributed by atoms with van der Waals surface area (Å²) < 4.78 is 0. The fourth-order valence-electron chi connectivity index (χ4n) is 0.805. The maximum Gasteiger partial charge on any atom is 0.315 e. The molecule has 0 bridgehead atoms. The summed E-state index contributed by atoms with van der Waals surface area (Å²) >= 11 is 0. The molecule has 0 saturated carbocycles. The van der Waals surface area contributed by atoms with Crippen LogP contribution in [0.15, 0.2) is 0 Å². The Morgan fingerprint density at radius 1 is 1.20 bits per heavy atom. The van der Waals surface area contributed by atoms with Crippen molar-refractivity contribution in [3.8, 4) is 0 Å². The van der Waals surface area contributed by atoms with Crippen LogP contribution < -0.4 is 5.32 Å². The molecule has 0 unspecified atom stereocenters. The van der Waals surface area contributed by atoms with Crippen LogP contribution in [0.25, 0.3) is 0 Å². The van der Waals surface area contributed by atoms with Crippen LogP contribution in [0.2, 0.25) is 6.04 Å². The molecule has 0 aromatic carbocycles. The number of hydrogen-bond donors (Lipinski definition) is 3. The van der Waals surface area contributed by atoms with Crippen LogP contribution in [0.1, 0.15) is 19.3 Å². The van der Waals surface area contributed by atoms with Crippen molar-refractivity contribution in [2.24, 2.45) is 0 Å². The number of hydrogen-bond acceptors (Lipinski definition) is 3. The first-order chi connectivity index (χ1) is 4.77. The molecule has 10 heavy (non-hydrogen) atoms. The van der Waals surface area contributed by atoms with E-state index in [1.165, 1.54) is 0 Å². The summed E-state index contributed by atoms with van der Waals surface area (Å²) in [6.07, 6.45) is 3.20. The van der Waals surface area contributed by atoms with Gasteiger partial charge in [0.05, 0.1) is 0 Å². The van der Waals surface area contributed by atoms with Crippen LogP contribution in [-0.2, 0) is 0 Å². The molecule has 0 aromatic heterocycles. The lowest BCUT2D eigenvalue weighted by molar-refractivity contribution is 0.401. The first-order valence-electron chi connectivity index (χ1n) is 3.78. The Bertz CT molecular complexity index is 70.8. The normalized spacial score (nSPS) is 10.8. The molecular formula is C6H17NO2Si. The molecule has 0 spiro atoms. The Morgan fingerprint density at radius 3 is 2.40 bits per heavy atom. The molecule has 62 valence electrons. The first kappa shape index (κ1) is 10.1. The number of nitrogens with one attached hydrogen (secondary N) is 1. The van der Waals surface area contributed by atoms with Gasteiger partial charge in [-0.25, -0.2) is 0 Å². The van der Waals surface area contributed by atoms with Gasteiger partial charge in [-0.05, 0) is 26.1 Å². The van der Waals surface area contributed by atoms with Gasteiger partial charge in [-0.1, -0.05) is 12.8 Å². The van der Waals surface area contributed by atoms with Crippen LogP contribution in [0.5, 0.6) is 0 Å². The van der Waals surface area contributed by atoms with Gasteiger partial charge >= 0.3 is 9.28 Å². The van der Waals surface area contributed by atoms with Gasteiger partial charge in [0.15, 0.2) is 0 Å². The van der Waals surface area contributed by atoms with E-state index in [-0.39, 0.29) is 0 Å². The molecule has 0 radical (unpaired) electrons. The molecule has 0 aliphatic rings. The second-order valence-electron chi connectivity index (χ2n) is 2.43. The van der Waals surface area contributed by atoms with Crippen LogP contribution in [0.4, 0.5) is 0 Å². The lowest BCUT2D eigenvalue weighted by atomic mass is 10.2. The zero-order valence-corrected chi connectivity index (χ0v) is 7.66. The van der Waals surface area contributed by atoms with Gasteiger partial charge in [0.2, 0.25) is 0 Å². The Hall–Kier alpha value is 0.0969. The molecule has 3 N–H and O–H groups in total. The summed E-state index contributed by atoms with van der Waals surface area (Å²) in [5.74, 6) is 0. The Morgan fingerprint density at radius 2 is 1.90 bits per heavy atom. The quantitative estimate of drug-likeness (QED) is 0.368. The zero-order valence-electron chi connectivity index (χ0n) is 6.51. The minimum atomic E-state index is -2.24. The van der Waals surface area contributed by atoms with E-state index in [1.54, 1.807) is 0 Å². The van der Waals surface area contributed by atoms with Crippen molar-refractivity contribution < 1.29 is 9.59 Å². The predicted molar refractivity (Wildman–Crippen MR) is 44.2 cm³/mol. The fraction of sp³-hybridized carbons (Fsp3) is 1.00. The van der Waals surface area contributed by atoms with Gasteiger partial charge in [-0.3, -0.25) is 0 Å². The highest BCUT2D eigenvalue weighted by molar-refractivity contribution is 6.40. The molecule has 0 aromatic rings. The van der Waals surface area contributed by atoms with Crippen LogP contribution >= 0.6 is 0 Å². The molecule has 0 aliphatic heterocycles. The van der Waals surface area contributed by atoms with Crippen molar-refractivity contribution in [3.63, 3.8) is 0 Å². The lowest BCUT2D eigenvalue weighted by Gasteiger charge is -2.00. The molecule has 0 fully saturated rings. The van der Waals surface area contributed by atoms with E-state index in [4.69, 9.17) is 9.59 Å². The summed E-state index contributed by atoms with van der Waals surface area (Å²) in [6, 6.07) is 0.643. The van der Waals surface area contributed by atoms with Gasteiger partial charge in [-0.2, -0.15) is 0 Å². The standard InChI is InChI=1S/C6H17NO2Si/c1-7-5-3-2-4-6-10(8)9/h7-10H,2-6H2,1H3. The third-order valence-corrected chi connectivity index (χ3v) is 2.31. The Balaban J connectivity index is 2.77. The second-order valence-corrected chi connectivity index (χ2v) is 3.97. The van der Waals surface area contributed by atoms with Gasteiger partial charge in [-0.15, -0.1) is 0 Å². The van der Waals surface area contributed by atoms with E-state index in [0.717, 1.165) is 25.8 Å². The minimum Gasteiger partial charge on any atom is -0.413 e. The number of rotatable bonds is 6. The molecule has 0 amide bonds. The highest BCUT2D eigenvalue weighted by atomic mass is 28.3. The topological polar surface area (TPSA) is 52.5 Å². The van der Waals surface area contributed by atoms with E-state index in [1.807, 2.05) is 7.05 Å². The fourth-order valence-corrected chi connectivity index (χ4v) is 1.46. The van der Waals surface area contributed by atoms with Crippen molar-refractivity contribution >= 4 is 9.28 Å². The van der Waals surface area contributed by atoms with Crippen molar-refractivity contribution in [3.05, 3.63) is 0 Å². The SMILES string of the molecule is CNCCCCC[SiH](O)O. The zero-order chi connectivity index (χ0) is 7.82. The maximum atomic E-state index is 8.59. The second kappa shape index (κ2) is 7.21. The van der Waals surface area contributed by atoms with Crippen molar-refractivity contribution in [2.75, 3.05) is 13.6 Å². The van der Waals surface area contributed by atoms with Gasteiger partial charge < -0.3 is 14.9 Å².